The standard InChI is InChI=1S/C17H27N3O2/c1-22-16(13-18)12-17(21)19-15-6-4-14(5-7-15)8-11-20-9-2-3-10-20/h4-7,16H,2-3,8-13,18H2,1H3,(H,19,21). The quantitative estimate of drug-likeness (QED) is 0.766. The third-order valence-corrected chi connectivity index (χ3v) is 4.16. The zero-order valence-corrected chi connectivity index (χ0v) is 13.4. The van der Waals surface area contributed by atoms with Crippen LogP contribution in [0.1, 0.15) is 24.8 Å². The maximum absolute atomic E-state index is 11.9. The number of hydrogen-bond donors (Lipinski definition) is 2. The van der Waals surface area contributed by atoms with E-state index in [1.54, 1.807) is 7.11 Å². The molecule has 0 bridgehead atoms. The first-order valence-corrected chi connectivity index (χ1v) is 8.05. The van der Waals surface area contributed by atoms with Crippen molar-refractivity contribution in [3.8, 4) is 0 Å². The molecule has 1 atom stereocenters. The van der Waals surface area contributed by atoms with Crippen LogP contribution in [-0.4, -0.2) is 50.2 Å². The van der Waals surface area contributed by atoms with Crippen molar-refractivity contribution in [2.45, 2.75) is 31.8 Å². The minimum Gasteiger partial charge on any atom is -0.380 e. The van der Waals surface area contributed by atoms with Gasteiger partial charge in [-0.15, -0.1) is 0 Å². The van der Waals surface area contributed by atoms with E-state index in [-0.39, 0.29) is 18.4 Å². The van der Waals surface area contributed by atoms with Crippen molar-refractivity contribution in [3.63, 3.8) is 0 Å². The lowest BCUT2D eigenvalue weighted by atomic mass is 10.1. The van der Waals surface area contributed by atoms with E-state index in [4.69, 9.17) is 10.5 Å². The van der Waals surface area contributed by atoms with Gasteiger partial charge < -0.3 is 20.7 Å². The van der Waals surface area contributed by atoms with Crippen LogP contribution >= 0.6 is 0 Å². The van der Waals surface area contributed by atoms with Crippen LogP contribution in [0.3, 0.4) is 0 Å². The molecule has 1 aliphatic heterocycles. The largest absolute Gasteiger partial charge is 0.380 e. The Labute approximate surface area is 132 Å². The molecule has 1 heterocycles. The molecule has 1 aromatic carbocycles. The van der Waals surface area contributed by atoms with Crippen molar-refractivity contribution in [3.05, 3.63) is 29.8 Å². The molecule has 1 unspecified atom stereocenters. The second-order valence-electron chi connectivity index (χ2n) is 5.84. The molecule has 122 valence electrons. The van der Waals surface area contributed by atoms with Gasteiger partial charge in [0.15, 0.2) is 0 Å². The molecular formula is C17H27N3O2. The molecular weight excluding hydrogens is 278 g/mol. The molecule has 5 nitrogen and oxygen atoms in total. The predicted octanol–water partition coefficient (Wildman–Crippen LogP) is 1.63. The van der Waals surface area contributed by atoms with Crippen molar-refractivity contribution in [1.82, 2.24) is 4.90 Å². The van der Waals surface area contributed by atoms with Gasteiger partial charge in [0.05, 0.1) is 12.5 Å². The van der Waals surface area contributed by atoms with Gasteiger partial charge in [0.2, 0.25) is 5.91 Å². The van der Waals surface area contributed by atoms with Crippen LogP contribution in [0, 0.1) is 0 Å². The number of methoxy groups -OCH3 is 1. The molecule has 0 aromatic heterocycles. The molecule has 0 aliphatic carbocycles. The van der Waals surface area contributed by atoms with E-state index in [0.29, 0.717) is 6.54 Å². The number of nitrogens with two attached hydrogens (primary N) is 1. The first kappa shape index (κ1) is 16.9. The average molecular weight is 305 g/mol. The zero-order chi connectivity index (χ0) is 15.8. The molecule has 2 rings (SSSR count). The van der Waals surface area contributed by atoms with Crippen molar-refractivity contribution < 1.29 is 9.53 Å². The Morgan fingerprint density at radius 3 is 2.59 bits per heavy atom. The number of benzene rings is 1. The van der Waals surface area contributed by atoms with Crippen LogP contribution in [0.2, 0.25) is 0 Å². The molecule has 1 saturated heterocycles. The van der Waals surface area contributed by atoms with Gasteiger partial charge in [0.25, 0.3) is 0 Å². The third-order valence-electron chi connectivity index (χ3n) is 4.16. The SMILES string of the molecule is COC(CN)CC(=O)Nc1ccc(CCN2CCCC2)cc1. The summed E-state index contributed by atoms with van der Waals surface area (Å²) in [6.07, 6.45) is 3.78. The molecule has 5 heteroatoms. The van der Waals surface area contributed by atoms with E-state index in [1.807, 2.05) is 12.1 Å². The van der Waals surface area contributed by atoms with E-state index in [1.165, 1.54) is 31.5 Å². The fraction of sp³-hybridized carbons (Fsp3) is 0.588. The highest BCUT2D eigenvalue weighted by Gasteiger charge is 2.12. The number of amides is 1. The molecule has 1 amide bonds. The Bertz CT molecular complexity index is 451. The number of ether oxygens (including phenoxy) is 1. The molecule has 3 N–H and O–H groups in total. The summed E-state index contributed by atoms with van der Waals surface area (Å²) >= 11 is 0. The fourth-order valence-corrected chi connectivity index (χ4v) is 2.73. The molecule has 1 aliphatic rings. The summed E-state index contributed by atoms with van der Waals surface area (Å²) in [5.74, 6) is -0.0675. The number of carbonyl (C=O) groups excluding carboxylic acids is 1. The lowest BCUT2D eigenvalue weighted by Crippen LogP contribution is -2.28. The Morgan fingerprint density at radius 1 is 1.32 bits per heavy atom. The minimum atomic E-state index is -0.222. The second-order valence-corrected chi connectivity index (χ2v) is 5.84. The second kappa shape index (κ2) is 8.88. The van der Waals surface area contributed by atoms with Gasteiger partial charge in [-0.05, 0) is 50.0 Å². The van der Waals surface area contributed by atoms with Gasteiger partial charge in [-0.2, -0.15) is 0 Å². The Balaban J connectivity index is 1.77. The van der Waals surface area contributed by atoms with Crippen LogP contribution in [0.5, 0.6) is 0 Å². The summed E-state index contributed by atoms with van der Waals surface area (Å²) < 4.78 is 5.12. The Kier molecular flexibility index (Phi) is 6.83. The van der Waals surface area contributed by atoms with E-state index < -0.39 is 0 Å². The number of nitrogens with zero attached hydrogens (tertiary/aromatic N) is 1. The maximum atomic E-state index is 11.9. The van der Waals surface area contributed by atoms with Gasteiger partial charge in [0.1, 0.15) is 0 Å². The van der Waals surface area contributed by atoms with Crippen LogP contribution in [0.15, 0.2) is 24.3 Å². The lowest BCUT2D eigenvalue weighted by Gasteiger charge is -2.15. The summed E-state index contributed by atoms with van der Waals surface area (Å²) in [5, 5.41) is 2.88. The smallest absolute Gasteiger partial charge is 0.227 e. The van der Waals surface area contributed by atoms with E-state index in [0.717, 1.165) is 18.7 Å². The highest BCUT2D eigenvalue weighted by atomic mass is 16.5. The number of hydrogen-bond acceptors (Lipinski definition) is 4. The van der Waals surface area contributed by atoms with Gasteiger partial charge in [-0.1, -0.05) is 12.1 Å². The zero-order valence-electron chi connectivity index (χ0n) is 13.4. The fourth-order valence-electron chi connectivity index (χ4n) is 2.73. The van der Waals surface area contributed by atoms with Gasteiger partial charge in [-0.3, -0.25) is 4.79 Å². The van der Waals surface area contributed by atoms with Gasteiger partial charge in [0, 0.05) is 25.9 Å². The number of rotatable bonds is 8. The van der Waals surface area contributed by atoms with E-state index >= 15 is 0 Å². The average Bonchev–Trinajstić information content (AvgIpc) is 3.05. The third kappa shape index (κ3) is 5.40. The summed E-state index contributed by atoms with van der Waals surface area (Å²) in [7, 11) is 1.57. The van der Waals surface area contributed by atoms with E-state index in [2.05, 4.69) is 22.3 Å². The molecule has 1 fully saturated rings. The van der Waals surface area contributed by atoms with E-state index in [9.17, 15) is 4.79 Å². The topological polar surface area (TPSA) is 67.6 Å². The first-order chi connectivity index (χ1) is 10.7. The normalized spacial score (nSPS) is 16.6. The predicted molar refractivity (Wildman–Crippen MR) is 88.9 cm³/mol. The lowest BCUT2D eigenvalue weighted by molar-refractivity contribution is -0.118. The van der Waals surface area contributed by atoms with Gasteiger partial charge >= 0.3 is 0 Å². The first-order valence-electron chi connectivity index (χ1n) is 8.05. The number of anilines is 1. The van der Waals surface area contributed by atoms with Crippen LogP contribution < -0.4 is 11.1 Å². The van der Waals surface area contributed by atoms with Crippen LogP contribution in [0.4, 0.5) is 5.69 Å². The number of carbonyl (C=O) groups is 1. The van der Waals surface area contributed by atoms with Crippen molar-refractivity contribution in [2.24, 2.45) is 5.73 Å². The van der Waals surface area contributed by atoms with Crippen molar-refractivity contribution in [1.29, 1.82) is 0 Å². The number of nitrogens with one attached hydrogen (secondary N) is 1. The highest BCUT2D eigenvalue weighted by molar-refractivity contribution is 5.91. The van der Waals surface area contributed by atoms with Crippen LogP contribution in [0.25, 0.3) is 0 Å². The monoisotopic (exact) mass is 305 g/mol. The molecule has 0 saturated carbocycles. The minimum absolute atomic E-state index is 0.0675. The van der Waals surface area contributed by atoms with Crippen molar-refractivity contribution >= 4 is 11.6 Å². The van der Waals surface area contributed by atoms with Crippen LogP contribution in [-0.2, 0) is 16.0 Å². The summed E-state index contributed by atoms with van der Waals surface area (Å²) in [6, 6.07) is 8.09. The Hall–Kier alpha value is -1.43. The van der Waals surface area contributed by atoms with Crippen molar-refractivity contribution in [2.75, 3.05) is 38.6 Å². The summed E-state index contributed by atoms with van der Waals surface area (Å²) in [4.78, 5) is 14.4. The molecule has 0 spiro atoms. The molecule has 22 heavy (non-hydrogen) atoms. The molecule has 0 radical (unpaired) electrons. The summed E-state index contributed by atoms with van der Waals surface area (Å²) in [5.41, 5.74) is 7.65. The molecule has 1 aromatic rings. The Morgan fingerprint density at radius 2 is 2.00 bits per heavy atom. The maximum Gasteiger partial charge on any atom is 0.227 e. The van der Waals surface area contributed by atoms with Gasteiger partial charge in [-0.25, -0.2) is 0 Å². The number of likely N-dealkylation sites (tertiary alicyclic amines) is 1. The highest BCUT2D eigenvalue weighted by Crippen LogP contribution is 2.13. The summed E-state index contributed by atoms with van der Waals surface area (Å²) in [6.45, 7) is 3.93.